The number of carbonyl (C=O) groups excluding carboxylic acids is 2. The molecule has 2 amide bonds. The maximum Gasteiger partial charge on any atom is 0.251 e. The van der Waals surface area contributed by atoms with Crippen molar-refractivity contribution in [2.75, 3.05) is 26.2 Å². The zero-order valence-corrected chi connectivity index (χ0v) is 18.6. The van der Waals surface area contributed by atoms with E-state index >= 15 is 0 Å². The van der Waals surface area contributed by atoms with Crippen LogP contribution in [0, 0.1) is 5.92 Å². The summed E-state index contributed by atoms with van der Waals surface area (Å²) in [6, 6.07) is 10.1. The molecule has 2 heterocycles. The van der Waals surface area contributed by atoms with Crippen LogP contribution in [-0.4, -0.2) is 49.0 Å². The quantitative estimate of drug-likeness (QED) is 0.607. The number of hydrogen-bond donors (Lipinski definition) is 2. The van der Waals surface area contributed by atoms with Gasteiger partial charge in [0.25, 0.3) is 5.91 Å². The summed E-state index contributed by atoms with van der Waals surface area (Å²) < 4.78 is 11.0. The molecule has 0 bridgehead atoms. The van der Waals surface area contributed by atoms with Crippen molar-refractivity contribution < 1.29 is 18.7 Å². The summed E-state index contributed by atoms with van der Waals surface area (Å²) in [5.41, 5.74) is 0.493. The Kier molecular flexibility index (Phi) is 8.12. The molecular formula is C24H33N3O4. The largest absolute Gasteiger partial charge is 0.494 e. The van der Waals surface area contributed by atoms with E-state index in [0.29, 0.717) is 24.5 Å². The Morgan fingerprint density at radius 2 is 1.84 bits per heavy atom. The van der Waals surface area contributed by atoms with Crippen molar-refractivity contribution >= 4 is 11.8 Å². The molecule has 3 rings (SSSR count). The van der Waals surface area contributed by atoms with Gasteiger partial charge in [-0.25, -0.2) is 0 Å². The Hall–Kier alpha value is -2.80. The van der Waals surface area contributed by atoms with Crippen LogP contribution < -0.4 is 15.4 Å². The SMILES string of the molecule is CCOc1ccc(C(=O)N[C@H](C(=O)NC[C@@H](c2ccco2)N2CCCC2)C(C)C)cc1. The van der Waals surface area contributed by atoms with Crippen molar-refractivity contribution in [1.29, 1.82) is 0 Å². The van der Waals surface area contributed by atoms with Crippen molar-refractivity contribution in [2.45, 2.75) is 45.7 Å². The van der Waals surface area contributed by atoms with Gasteiger partial charge in [0.15, 0.2) is 0 Å². The van der Waals surface area contributed by atoms with E-state index in [-0.39, 0.29) is 23.8 Å². The Balaban J connectivity index is 1.62. The van der Waals surface area contributed by atoms with E-state index in [1.807, 2.05) is 32.9 Å². The predicted octanol–water partition coefficient (Wildman–Crippen LogP) is 3.39. The molecule has 0 unspecified atom stereocenters. The number of rotatable bonds is 10. The molecule has 168 valence electrons. The molecule has 2 N–H and O–H groups in total. The number of ether oxygens (including phenoxy) is 1. The number of furan rings is 1. The molecule has 31 heavy (non-hydrogen) atoms. The third-order valence-corrected chi connectivity index (χ3v) is 5.59. The monoisotopic (exact) mass is 427 g/mol. The van der Waals surface area contributed by atoms with Gasteiger partial charge in [0.1, 0.15) is 17.6 Å². The van der Waals surface area contributed by atoms with Crippen molar-refractivity contribution in [3.8, 4) is 5.75 Å². The van der Waals surface area contributed by atoms with Crippen LogP contribution in [0.3, 0.4) is 0 Å². The number of likely N-dealkylation sites (tertiary alicyclic amines) is 1. The highest BCUT2D eigenvalue weighted by Crippen LogP contribution is 2.25. The van der Waals surface area contributed by atoms with Crippen molar-refractivity contribution in [2.24, 2.45) is 5.92 Å². The summed E-state index contributed by atoms with van der Waals surface area (Å²) in [4.78, 5) is 28.0. The van der Waals surface area contributed by atoms with Crippen molar-refractivity contribution in [3.63, 3.8) is 0 Å². The first-order chi connectivity index (χ1) is 15.0. The van der Waals surface area contributed by atoms with Crippen LogP contribution in [0.1, 0.15) is 55.8 Å². The molecule has 1 aliphatic heterocycles. The summed E-state index contributed by atoms with van der Waals surface area (Å²) in [7, 11) is 0. The minimum absolute atomic E-state index is 0.00364. The van der Waals surface area contributed by atoms with Gasteiger partial charge in [-0.15, -0.1) is 0 Å². The second kappa shape index (κ2) is 11.0. The van der Waals surface area contributed by atoms with Gasteiger partial charge in [0.2, 0.25) is 5.91 Å². The first-order valence-corrected chi connectivity index (χ1v) is 11.1. The highest BCUT2D eigenvalue weighted by atomic mass is 16.5. The van der Waals surface area contributed by atoms with Gasteiger partial charge in [-0.05, 0) is 75.2 Å². The average Bonchev–Trinajstić information content (AvgIpc) is 3.47. The topological polar surface area (TPSA) is 83.8 Å². The number of benzene rings is 1. The predicted molar refractivity (Wildman–Crippen MR) is 119 cm³/mol. The molecule has 1 aliphatic rings. The van der Waals surface area contributed by atoms with Crippen LogP contribution in [0.25, 0.3) is 0 Å². The molecule has 0 radical (unpaired) electrons. The van der Waals surface area contributed by atoms with E-state index in [0.717, 1.165) is 31.7 Å². The fourth-order valence-corrected chi connectivity index (χ4v) is 3.88. The normalized spacial score (nSPS) is 16.1. The number of nitrogens with one attached hydrogen (secondary N) is 2. The minimum Gasteiger partial charge on any atom is -0.494 e. The minimum atomic E-state index is -0.630. The van der Waals surface area contributed by atoms with Crippen LogP contribution in [0.15, 0.2) is 47.1 Å². The molecule has 1 aromatic carbocycles. The third-order valence-electron chi connectivity index (χ3n) is 5.59. The molecule has 1 saturated heterocycles. The van der Waals surface area contributed by atoms with Crippen LogP contribution in [0.5, 0.6) is 5.75 Å². The maximum absolute atomic E-state index is 13.0. The summed E-state index contributed by atoms with van der Waals surface area (Å²) in [5.74, 6) is 1.04. The van der Waals surface area contributed by atoms with Gasteiger partial charge >= 0.3 is 0 Å². The van der Waals surface area contributed by atoms with E-state index in [1.54, 1.807) is 30.5 Å². The first-order valence-electron chi connectivity index (χ1n) is 11.1. The standard InChI is InChI=1S/C24H33N3O4/c1-4-30-19-11-9-18(10-12-19)23(28)26-22(17(2)3)24(29)25-16-20(21-8-7-15-31-21)27-13-5-6-14-27/h7-12,15,17,20,22H,4-6,13-14,16H2,1-3H3,(H,25,29)(H,26,28)/t20-,22-/m0/s1. The molecule has 2 aromatic rings. The van der Waals surface area contributed by atoms with Gasteiger partial charge in [0, 0.05) is 12.1 Å². The van der Waals surface area contributed by atoms with Crippen LogP contribution in [0.2, 0.25) is 0 Å². The fraction of sp³-hybridized carbons (Fsp3) is 0.500. The lowest BCUT2D eigenvalue weighted by molar-refractivity contribution is -0.124. The fourth-order valence-electron chi connectivity index (χ4n) is 3.88. The molecule has 0 saturated carbocycles. The Morgan fingerprint density at radius 1 is 1.13 bits per heavy atom. The maximum atomic E-state index is 13.0. The highest BCUT2D eigenvalue weighted by Gasteiger charge is 2.29. The number of nitrogens with zero attached hydrogens (tertiary/aromatic N) is 1. The Morgan fingerprint density at radius 3 is 2.42 bits per heavy atom. The van der Waals surface area contributed by atoms with E-state index in [4.69, 9.17) is 9.15 Å². The summed E-state index contributed by atoms with van der Waals surface area (Å²) >= 11 is 0. The first kappa shape index (κ1) is 22.9. The molecule has 2 atom stereocenters. The molecule has 1 fully saturated rings. The highest BCUT2D eigenvalue weighted by molar-refractivity contribution is 5.97. The van der Waals surface area contributed by atoms with Gasteiger partial charge in [0.05, 0.1) is 18.9 Å². The lowest BCUT2D eigenvalue weighted by atomic mass is 10.0. The van der Waals surface area contributed by atoms with Gasteiger partial charge in [-0.2, -0.15) is 0 Å². The number of carbonyl (C=O) groups is 2. The molecular weight excluding hydrogens is 394 g/mol. The average molecular weight is 428 g/mol. The van der Waals surface area contributed by atoms with E-state index in [2.05, 4.69) is 15.5 Å². The number of amides is 2. The summed E-state index contributed by atoms with van der Waals surface area (Å²) in [5, 5.41) is 5.92. The van der Waals surface area contributed by atoms with E-state index < -0.39 is 6.04 Å². The van der Waals surface area contributed by atoms with Gasteiger partial charge in [-0.1, -0.05) is 13.8 Å². The molecule has 1 aromatic heterocycles. The van der Waals surface area contributed by atoms with Crippen molar-refractivity contribution in [3.05, 3.63) is 54.0 Å². The van der Waals surface area contributed by atoms with Gasteiger partial charge in [-0.3, -0.25) is 14.5 Å². The molecule has 7 nitrogen and oxygen atoms in total. The van der Waals surface area contributed by atoms with Crippen LogP contribution in [-0.2, 0) is 4.79 Å². The Bertz CT molecular complexity index is 827. The lowest BCUT2D eigenvalue weighted by Crippen LogP contribution is -2.51. The van der Waals surface area contributed by atoms with E-state index in [1.165, 1.54) is 0 Å². The Labute approximate surface area is 184 Å². The van der Waals surface area contributed by atoms with Gasteiger partial charge < -0.3 is 19.8 Å². The second-order valence-corrected chi connectivity index (χ2v) is 8.17. The zero-order chi connectivity index (χ0) is 22.2. The number of hydrogen-bond acceptors (Lipinski definition) is 5. The smallest absolute Gasteiger partial charge is 0.251 e. The summed E-state index contributed by atoms with van der Waals surface area (Å²) in [6.45, 7) is 8.74. The summed E-state index contributed by atoms with van der Waals surface area (Å²) in [6.07, 6.45) is 3.96. The lowest BCUT2D eigenvalue weighted by Gasteiger charge is -2.28. The molecule has 7 heteroatoms. The molecule has 0 spiro atoms. The van der Waals surface area contributed by atoms with Crippen LogP contribution in [0.4, 0.5) is 0 Å². The van der Waals surface area contributed by atoms with E-state index in [9.17, 15) is 9.59 Å². The second-order valence-electron chi connectivity index (χ2n) is 8.17. The third kappa shape index (κ3) is 6.10. The van der Waals surface area contributed by atoms with Crippen molar-refractivity contribution in [1.82, 2.24) is 15.5 Å². The van der Waals surface area contributed by atoms with Crippen LogP contribution >= 0.6 is 0 Å². The zero-order valence-electron chi connectivity index (χ0n) is 18.6. The molecule has 0 aliphatic carbocycles.